The van der Waals surface area contributed by atoms with E-state index < -0.39 is 12.2 Å². The van der Waals surface area contributed by atoms with Crippen LogP contribution in [0, 0.1) is 5.92 Å². The Bertz CT molecular complexity index is 457. The Kier molecular flexibility index (Phi) is 6.03. The number of aliphatic hydroxyl groups is 2. The van der Waals surface area contributed by atoms with E-state index in [9.17, 15) is 15.0 Å². The summed E-state index contributed by atoms with van der Waals surface area (Å²) in [7, 11) is 0. The van der Waals surface area contributed by atoms with Crippen molar-refractivity contribution in [3.8, 4) is 0 Å². The summed E-state index contributed by atoms with van der Waals surface area (Å²) in [5.41, 5.74) is 0.658. The molecular formula is C16H22ClNO3. The zero-order valence-corrected chi connectivity index (χ0v) is 12.7. The molecule has 1 fully saturated rings. The molecular weight excluding hydrogens is 290 g/mol. The van der Waals surface area contributed by atoms with Gasteiger partial charge in [-0.25, -0.2) is 0 Å². The summed E-state index contributed by atoms with van der Waals surface area (Å²) in [4.78, 5) is 11.8. The van der Waals surface area contributed by atoms with Crippen molar-refractivity contribution >= 4 is 17.5 Å². The molecule has 2 rings (SSSR count). The average molecular weight is 312 g/mol. The number of amides is 1. The van der Waals surface area contributed by atoms with Gasteiger partial charge in [-0.05, 0) is 36.5 Å². The van der Waals surface area contributed by atoms with Crippen LogP contribution in [0.25, 0.3) is 0 Å². The van der Waals surface area contributed by atoms with Crippen molar-refractivity contribution in [3.63, 3.8) is 0 Å². The minimum absolute atomic E-state index is 0.0149. The molecule has 1 aliphatic rings. The van der Waals surface area contributed by atoms with Crippen LogP contribution in [0.5, 0.6) is 0 Å². The molecule has 1 aromatic carbocycles. The first-order valence-corrected chi connectivity index (χ1v) is 7.82. The van der Waals surface area contributed by atoms with E-state index in [-0.39, 0.29) is 18.9 Å². The van der Waals surface area contributed by atoms with E-state index in [0.717, 1.165) is 25.7 Å². The fourth-order valence-corrected chi connectivity index (χ4v) is 2.90. The molecule has 0 spiro atoms. The van der Waals surface area contributed by atoms with Gasteiger partial charge in [-0.1, -0.05) is 36.6 Å². The van der Waals surface area contributed by atoms with Crippen molar-refractivity contribution in [1.29, 1.82) is 0 Å². The molecule has 1 aromatic rings. The summed E-state index contributed by atoms with van der Waals surface area (Å²) < 4.78 is 0. The molecule has 1 aliphatic carbocycles. The first-order chi connectivity index (χ1) is 10.1. The van der Waals surface area contributed by atoms with Crippen molar-refractivity contribution in [1.82, 2.24) is 5.32 Å². The number of aliphatic hydroxyl groups excluding tert-OH is 2. The zero-order chi connectivity index (χ0) is 15.2. The van der Waals surface area contributed by atoms with Gasteiger partial charge < -0.3 is 15.5 Å². The average Bonchev–Trinajstić information content (AvgIpc) is 2.99. The molecule has 0 saturated heterocycles. The lowest BCUT2D eigenvalue weighted by molar-refractivity contribution is -0.123. The molecule has 0 radical (unpaired) electrons. The monoisotopic (exact) mass is 311 g/mol. The first kappa shape index (κ1) is 16.3. The van der Waals surface area contributed by atoms with Crippen LogP contribution in [0.3, 0.4) is 0 Å². The second-order valence-corrected chi connectivity index (χ2v) is 6.12. The van der Waals surface area contributed by atoms with Crippen LogP contribution in [0.4, 0.5) is 0 Å². The summed E-state index contributed by atoms with van der Waals surface area (Å²) in [6.45, 7) is 0.261. The number of benzene rings is 1. The Morgan fingerprint density at radius 2 is 1.86 bits per heavy atom. The summed E-state index contributed by atoms with van der Waals surface area (Å²) in [5, 5.41) is 23.3. The zero-order valence-electron chi connectivity index (χ0n) is 12.0. The molecule has 2 atom stereocenters. The Morgan fingerprint density at radius 1 is 1.24 bits per heavy atom. The van der Waals surface area contributed by atoms with E-state index in [2.05, 4.69) is 5.32 Å². The minimum Gasteiger partial charge on any atom is -0.391 e. The summed E-state index contributed by atoms with van der Waals surface area (Å²) in [6, 6.07) is 6.77. The molecule has 0 aliphatic heterocycles. The molecule has 21 heavy (non-hydrogen) atoms. The normalized spacial score (nSPS) is 18.4. The van der Waals surface area contributed by atoms with Gasteiger partial charge in [0.15, 0.2) is 0 Å². The van der Waals surface area contributed by atoms with Gasteiger partial charge in [0.1, 0.15) is 0 Å². The quantitative estimate of drug-likeness (QED) is 0.755. The Labute approximate surface area is 130 Å². The van der Waals surface area contributed by atoms with Crippen LogP contribution >= 0.6 is 11.6 Å². The van der Waals surface area contributed by atoms with Gasteiger partial charge in [-0.15, -0.1) is 0 Å². The second kappa shape index (κ2) is 7.78. The number of carbonyl (C=O) groups excluding carboxylic acids is 1. The largest absolute Gasteiger partial charge is 0.391 e. The molecule has 0 aromatic heterocycles. The van der Waals surface area contributed by atoms with Gasteiger partial charge in [0.2, 0.25) is 5.91 Å². The SMILES string of the molecule is O=C(CC(O)c1ccc(Cl)cc1)NCC(O)C1CCCC1. The highest BCUT2D eigenvalue weighted by molar-refractivity contribution is 6.30. The standard InChI is InChI=1S/C16H22ClNO3/c17-13-7-5-12(6-8-13)14(19)9-16(21)18-10-15(20)11-3-1-2-4-11/h5-8,11,14-15,19-20H,1-4,9-10H2,(H,18,21). The lowest BCUT2D eigenvalue weighted by atomic mass is 10.0. The third-order valence-corrected chi connectivity index (χ3v) is 4.34. The molecule has 4 nitrogen and oxygen atoms in total. The Balaban J connectivity index is 1.74. The lowest BCUT2D eigenvalue weighted by Crippen LogP contribution is -2.36. The highest BCUT2D eigenvalue weighted by atomic mass is 35.5. The lowest BCUT2D eigenvalue weighted by Gasteiger charge is -2.18. The maximum atomic E-state index is 11.8. The van der Waals surface area contributed by atoms with Crippen molar-refractivity contribution in [2.45, 2.75) is 44.3 Å². The summed E-state index contributed by atoms with van der Waals surface area (Å²) in [6.07, 6.45) is 3.03. The highest BCUT2D eigenvalue weighted by Crippen LogP contribution is 2.27. The van der Waals surface area contributed by atoms with E-state index in [0.29, 0.717) is 16.5 Å². The summed E-state index contributed by atoms with van der Waals surface area (Å²) in [5.74, 6) is 0.0426. The minimum atomic E-state index is -0.856. The number of rotatable bonds is 6. The van der Waals surface area contributed by atoms with Crippen LogP contribution in [0.1, 0.15) is 43.8 Å². The van der Waals surface area contributed by atoms with Crippen molar-refractivity contribution < 1.29 is 15.0 Å². The molecule has 0 bridgehead atoms. The van der Waals surface area contributed by atoms with E-state index >= 15 is 0 Å². The van der Waals surface area contributed by atoms with Crippen LogP contribution in [-0.2, 0) is 4.79 Å². The van der Waals surface area contributed by atoms with Crippen molar-refractivity contribution in [2.75, 3.05) is 6.54 Å². The van der Waals surface area contributed by atoms with Crippen LogP contribution in [0.2, 0.25) is 5.02 Å². The van der Waals surface area contributed by atoms with Crippen LogP contribution in [-0.4, -0.2) is 28.8 Å². The number of hydrogen-bond acceptors (Lipinski definition) is 3. The predicted molar refractivity (Wildman–Crippen MR) is 82.0 cm³/mol. The molecule has 5 heteroatoms. The van der Waals surface area contributed by atoms with Gasteiger partial charge in [0.05, 0.1) is 18.6 Å². The molecule has 3 N–H and O–H groups in total. The van der Waals surface area contributed by atoms with Crippen LogP contribution < -0.4 is 5.32 Å². The molecule has 1 amide bonds. The maximum Gasteiger partial charge on any atom is 0.223 e. The predicted octanol–water partition coefficient (Wildman–Crippen LogP) is 2.43. The van der Waals surface area contributed by atoms with Crippen molar-refractivity contribution in [2.24, 2.45) is 5.92 Å². The Hall–Kier alpha value is -1.10. The van der Waals surface area contributed by atoms with E-state index in [4.69, 9.17) is 11.6 Å². The first-order valence-electron chi connectivity index (χ1n) is 7.44. The second-order valence-electron chi connectivity index (χ2n) is 5.69. The van der Waals surface area contributed by atoms with E-state index in [1.807, 2.05) is 0 Å². The fourth-order valence-electron chi connectivity index (χ4n) is 2.78. The number of nitrogens with one attached hydrogen (secondary N) is 1. The highest BCUT2D eigenvalue weighted by Gasteiger charge is 2.23. The number of carbonyl (C=O) groups is 1. The molecule has 0 heterocycles. The van der Waals surface area contributed by atoms with Gasteiger partial charge in [-0.2, -0.15) is 0 Å². The molecule has 116 valence electrons. The molecule has 1 saturated carbocycles. The third-order valence-electron chi connectivity index (χ3n) is 4.09. The Morgan fingerprint density at radius 3 is 2.48 bits per heavy atom. The fraction of sp³-hybridized carbons (Fsp3) is 0.562. The topological polar surface area (TPSA) is 69.6 Å². The van der Waals surface area contributed by atoms with Gasteiger partial charge in [0, 0.05) is 11.6 Å². The molecule has 2 unspecified atom stereocenters. The van der Waals surface area contributed by atoms with E-state index in [1.54, 1.807) is 24.3 Å². The third kappa shape index (κ3) is 4.99. The van der Waals surface area contributed by atoms with Crippen LogP contribution in [0.15, 0.2) is 24.3 Å². The summed E-state index contributed by atoms with van der Waals surface area (Å²) >= 11 is 5.78. The number of hydrogen-bond donors (Lipinski definition) is 3. The van der Waals surface area contributed by atoms with Gasteiger partial charge in [-0.3, -0.25) is 4.79 Å². The van der Waals surface area contributed by atoms with Gasteiger partial charge >= 0.3 is 0 Å². The van der Waals surface area contributed by atoms with Gasteiger partial charge in [0.25, 0.3) is 0 Å². The van der Waals surface area contributed by atoms with E-state index in [1.165, 1.54) is 0 Å². The number of halogens is 1. The van der Waals surface area contributed by atoms with Crippen molar-refractivity contribution in [3.05, 3.63) is 34.9 Å². The maximum absolute atomic E-state index is 11.8. The smallest absolute Gasteiger partial charge is 0.223 e.